The topological polar surface area (TPSA) is 50.8 Å². The van der Waals surface area contributed by atoms with E-state index in [9.17, 15) is 0 Å². The van der Waals surface area contributed by atoms with E-state index in [0.717, 1.165) is 11.3 Å². The fourth-order valence-corrected chi connectivity index (χ4v) is 1.27. The minimum atomic E-state index is 0.149. The van der Waals surface area contributed by atoms with E-state index in [0.29, 0.717) is 5.88 Å². The third-order valence-electron chi connectivity index (χ3n) is 1.90. The number of nitrogens with zero attached hydrogens (tertiary/aromatic N) is 2. The van der Waals surface area contributed by atoms with Crippen molar-refractivity contribution in [3.63, 3.8) is 0 Å². The van der Waals surface area contributed by atoms with Gasteiger partial charge in [-0.15, -0.1) is 0 Å². The summed E-state index contributed by atoms with van der Waals surface area (Å²) in [4.78, 5) is 4.20. The van der Waals surface area contributed by atoms with Gasteiger partial charge >= 0.3 is 0 Å². The lowest BCUT2D eigenvalue weighted by Crippen LogP contribution is -2.06. The van der Waals surface area contributed by atoms with Gasteiger partial charge in [-0.05, 0) is 26.0 Å². The van der Waals surface area contributed by atoms with Crippen molar-refractivity contribution in [2.24, 2.45) is 0 Å². The van der Waals surface area contributed by atoms with Crippen molar-refractivity contribution < 1.29 is 4.74 Å². The molecule has 0 fully saturated rings. The quantitative estimate of drug-likeness (QED) is 0.832. The van der Waals surface area contributed by atoms with E-state index in [1.54, 1.807) is 12.4 Å². The first kappa shape index (κ1) is 9.71. The lowest BCUT2D eigenvalue weighted by atomic mass is 10.2. The molecular formula is C11H13N3O. The SMILES string of the molecule is CC(C)Oc1ccc(-c2ccn[nH]2)cn1. The zero-order valence-corrected chi connectivity index (χ0v) is 8.77. The molecule has 4 heteroatoms. The van der Waals surface area contributed by atoms with Gasteiger partial charge in [0, 0.05) is 24.0 Å². The fraction of sp³-hybridized carbons (Fsp3) is 0.273. The van der Waals surface area contributed by atoms with Gasteiger partial charge in [-0.1, -0.05) is 0 Å². The van der Waals surface area contributed by atoms with Crippen LogP contribution >= 0.6 is 0 Å². The van der Waals surface area contributed by atoms with Crippen LogP contribution < -0.4 is 4.74 Å². The largest absolute Gasteiger partial charge is 0.475 e. The van der Waals surface area contributed by atoms with Crippen LogP contribution in [-0.2, 0) is 0 Å². The predicted molar refractivity (Wildman–Crippen MR) is 57.6 cm³/mol. The molecule has 0 amide bonds. The average Bonchev–Trinajstić information content (AvgIpc) is 2.71. The van der Waals surface area contributed by atoms with E-state index in [4.69, 9.17) is 4.74 Å². The molecule has 0 saturated carbocycles. The summed E-state index contributed by atoms with van der Waals surface area (Å²) in [5.74, 6) is 0.647. The smallest absolute Gasteiger partial charge is 0.213 e. The molecule has 0 aliphatic carbocycles. The second-order valence-electron chi connectivity index (χ2n) is 3.52. The summed E-state index contributed by atoms with van der Waals surface area (Å²) in [6.07, 6.45) is 3.63. The van der Waals surface area contributed by atoms with Gasteiger partial charge in [-0.25, -0.2) is 4.98 Å². The number of hydrogen-bond donors (Lipinski definition) is 1. The van der Waals surface area contributed by atoms with E-state index in [2.05, 4.69) is 15.2 Å². The lowest BCUT2D eigenvalue weighted by Gasteiger charge is -2.08. The highest BCUT2D eigenvalue weighted by molar-refractivity contribution is 5.57. The molecule has 0 bridgehead atoms. The molecule has 2 rings (SSSR count). The summed E-state index contributed by atoms with van der Waals surface area (Å²) in [6, 6.07) is 5.72. The van der Waals surface area contributed by atoms with E-state index in [-0.39, 0.29) is 6.10 Å². The molecule has 78 valence electrons. The van der Waals surface area contributed by atoms with Crippen molar-refractivity contribution in [2.75, 3.05) is 0 Å². The van der Waals surface area contributed by atoms with Crippen LogP contribution in [-0.4, -0.2) is 21.3 Å². The Morgan fingerprint density at radius 2 is 2.13 bits per heavy atom. The molecule has 0 saturated heterocycles. The second-order valence-corrected chi connectivity index (χ2v) is 3.52. The summed E-state index contributed by atoms with van der Waals surface area (Å²) in [5, 5.41) is 6.77. The first-order valence-electron chi connectivity index (χ1n) is 4.88. The van der Waals surface area contributed by atoms with E-state index in [1.165, 1.54) is 0 Å². The van der Waals surface area contributed by atoms with Crippen LogP contribution in [0, 0.1) is 0 Å². The van der Waals surface area contributed by atoms with E-state index >= 15 is 0 Å². The number of aromatic amines is 1. The van der Waals surface area contributed by atoms with Gasteiger partial charge in [0.25, 0.3) is 0 Å². The second kappa shape index (κ2) is 4.13. The number of hydrogen-bond acceptors (Lipinski definition) is 3. The van der Waals surface area contributed by atoms with Crippen LogP contribution in [0.5, 0.6) is 5.88 Å². The van der Waals surface area contributed by atoms with Gasteiger partial charge < -0.3 is 4.74 Å². The average molecular weight is 203 g/mol. The van der Waals surface area contributed by atoms with E-state index < -0.39 is 0 Å². The molecule has 1 N–H and O–H groups in total. The first-order valence-corrected chi connectivity index (χ1v) is 4.88. The third kappa shape index (κ3) is 2.34. The molecular weight excluding hydrogens is 190 g/mol. The highest BCUT2D eigenvalue weighted by Crippen LogP contribution is 2.17. The standard InChI is InChI=1S/C11H13N3O/c1-8(2)15-11-4-3-9(7-12-11)10-5-6-13-14-10/h3-8H,1-2H3,(H,13,14). The molecule has 2 aromatic heterocycles. The van der Waals surface area contributed by atoms with Crippen LogP contribution in [0.25, 0.3) is 11.3 Å². The Labute approximate surface area is 88.3 Å². The number of rotatable bonds is 3. The number of aromatic nitrogens is 3. The number of pyridine rings is 1. The van der Waals surface area contributed by atoms with Crippen molar-refractivity contribution in [3.05, 3.63) is 30.6 Å². The highest BCUT2D eigenvalue weighted by Gasteiger charge is 2.01. The Bertz CT molecular complexity index is 406. The minimum absolute atomic E-state index is 0.149. The van der Waals surface area contributed by atoms with Crippen molar-refractivity contribution in [1.82, 2.24) is 15.2 Å². The highest BCUT2D eigenvalue weighted by atomic mass is 16.5. The van der Waals surface area contributed by atoms with Crippen LogP contribution in [0.4, 0.5) is 0 Å². The van der Waals surface area contributed by atoms with Crippen LogP contribution in [0.15, 0.2) is 30.6 Å². The molecule has 4 nitrogen and oxygen atoms in total. The molecule has 2 heterocycles. The molecule has 0 aliphatic heterocycles. The Balaban J connectivity index is 2.17. The molecule has 15 heavy (non-hydrogen) atoms. The van der Waals surface area contributed by atoms with Gasteiger partial charge in [0.05, 0.1) is 11.8 Å². The number of nitrogens with one attached hydrogen (secondary N) is 1. The maximum absolute atomic E-state index is 5.45. The molecule has 0 aliphatic rings. The Morgan fingerprint density at radius 3 is 2.67 bits per heavy atom. The molecule has 0 unspecified atom stereocenters. The Morgan fingerprint density at radius 1 is 1.27 bits per heavy atom. The first-order chi connectivity index (χ1) is 7.25. The Kier molecular flexibility index (Phi) is 2.67. The molecule has 2 aromatic rings. The summed E-state index contributed by atoms with van der Waals surface area (Å²) in [5.41, 5.74) is 1.96. The van der Waals surface area contributed by atoms with Gasteiger partial charge in [0.2, 0.25) is 5.88 Å². The minimum Gasteiger partial charge on any atom is -0.475 e. The monoisotopic (exact) mass is 203 g/mol. The van der Waals surface area contributed by atoms with Crippen molar-refractivity contribution >= 4 is 0 Å². The Hall–Kier alpha value is -1.84. The summed E-state index contributed by atoms with van der Waals surface area (Å²) in [6.45, 7) is 3.95. The van der Waals surface area contributed by atoms with Crippen LogP contribution in [0.1, 0.15) is 13.8 Å². The van der Waals surface area contributed by atoms with Gasteiger partial charge in [0.1, 0.15) is 0 Å². The van der Waals surface area contributed by atoms with E-state index in [1.807, 2.05) is 32.0 Å². The summed E-state index contributed by atoms with van der Waals surface area (Å²) >= 11 is 0. The van der Waals surface area contributed by atoms with Crippen molar-refractivity contribution in [1.29, 1.82) is 0 Å². The van der Waals surface area contributed by atoms with Gasteiger partial charge in [0.15, 0.2) is 0 Å². The molecule has 0 atom stereocenters. The maximum atomic E-state index is 5.45. The fourth-order valence-electron chi connectivity index (χ4n) is 1.27. The van der Waals surface area contributed by atoms with Crippen molar-refractivity contribution in [3.8, 4) is 17.1 Å². The molecule has 0 aromatic carbocycles. The summed E-state index contributed by atoms with van der Waals surface area (Å²) in [7, 11) is 0. The van der Waals surface area contributed by atoms with Gasteiger partial charge in [-0.3, -0.25) is 5.10 Å². The zero-order valence-electron chi connectivity index (χ0n) is 8.77. The van der Waals surface area contributed by atoms with Crippen molar-refractivity contribution in [2.45, 2.75) is 20.0 Å². The zero-order chi connectivity index (χ0) is 10.7. The number of H-pyrrole nitrogens is 1. The lowest BCUT2D eigenvalue weighted by molar-refractivity contribution is 0.232. The molecule has 0 spiro atoms. The maximum Gasteiger partial charge on any atom is 0.213 e. The van der Waals surface area contributed by atoms with Crippen LogP contribution in [0.3, 0.4) is 0 Å². The summed E-state index contributed by atoms with van der Waals surface area (Å²) < 4.78 is 5.45. The molecule has 0 radical (unpaired) electrons. The van der Waals surface area contributed by atoms with Crippen LogP contribution in [0.2, 0.25) is 0 Å². The van der Waals surface area contributed by atoms with Gasteiger partial charge in [-0.2, -0.15) is 5.10 Å². The number of ether oxygens (including phenoxy) is 1. The third-order valence-corrected chi connectivity index (χ3v) is 1.90. The normalized spacial score (nSPS) is 10.6. The predicted octanol–water partition coefficient (Wildman–Crippen LogP) is 2.26.